The number of rotatable bonds is 6. The molecular formula is C11H17N3O3. The minimum atomic E-state index is -0.973. The maximum absolute atomic E-state index is 12.0. The molecule has 0 radical (unpaired) electrons. The van der Waals surface area contributed by atoms with Crippen molar-refractivity contribution in [1.29, 1.82) is 0 Å². The number of hydrogen-bond donors (Lipinski definition) is 1. The van der Waals surface area contributed by atoms with Gasteiger partial charge in [0.15, 0.2) is 5.82 Å². The number of carbonyl (C=O) groups is 1. The van der Waals surface area contributed by atoms with Crippen molar-refractivity contribution in [3.05, 3.63) is 22.7 Å². The van der Waals surface area contributed by atoms with Gasteiger partial charge in [-0.1, -0.05) is 6.92 Å². The minimum absolute atomic E-state index is 0.200. The van der Waals surface area contributed by atoms with E-state index in [9.17, 15) is 9.59 Å². The van der Waals surface area contributed by atoms with Gasteiger partial charge in [-0.25, -0.2) is 4.98 Å². The molecule has 0 atom stereocenters. The third-order valence-corrected chi connectivity index (χ3v) is 2.37. The third-order valence-electron chi connectivity index (χ3n) is 2.37. The van der Waals surface area contributed by atoms with E-state index < -0.39 is 5.97 Å². The molecule has 0 spiro atoms. The molecule has 0 aromatic carbocycles. The maximum Gasteiger partial charge on any atom is 0.323 e. The summed E-state index contributed by atoms with van der Waals surface area (Å²) in [7, 11) is 0. The maximum atomic E-state index is 12.0. The van der Waals surface area contributed by atoms with Crippen molar-refractivity contribution in [2.75, 3.05) is 18.0 Å². The van der Waals surface area contributed by atoms with E-state index in [0.29, 0.717) is 13.1 Å². The third kappa shape index (κ3) is 3.30. The van der Waals surface area contributed by atoms with Gasteiger partial charge < -0.3 is 14.6 Å². The van der Waals surface area contributed by atoms with E-state index in [1.165, 1.54) is 11.1 Å². The first-order chi connectivity index (χ1) is 8.10. The molecule has 94 valence electrons. The van der Waals surface area contributed by atoms with E-state index in [2.05, 4.69) is 4.98 Å². The second-order valence-electron chi connectivity index (χ2n) is 3.66. The van der Waals surface area contributed by atoms with Gasteiger partial charge in [0.05, 0.1) is 0 Å². The van der Waals surface area contributed by atoms with Crippen molar-refractivity contribution in [2.45, 2.75) is 26.8 Å². The number of hydrogen-bond acceptors (Lipinski definition) is 4. The zero-order valence-electron chi connectivity index (χ0n) is 10.1. The van der Waals surface area contributed by atoms with Crippen LogP contribution in [0.5, 0.6) is 0 Å². The minimum Gasteiger partial charge on any atom is -0.480 e. The molecule has 0 aliphatic heterocycles. The van der Waals surface area contributed by atoms with Gasteiger partial charge >= 0.3 is 5.97 Å². The van der Waals surface area contributed by atoms with Crippen molar-refractivity contribution in [3.63, 3.8) is 0 Å². The Kier molecular flexibility index (Phi) is 4.68. The summed E-state index contributed by atoms with van der Waals surface area (Å²) in [6.45, 7) is 4.60. The Hall–Kier alpha value is -1.85. The number of anilines is 1. The van der Waals surface area contributed by atoms with E-state index >= 15 is 0 Å². The van der Waals surface area contributed by atoms with Crippen LogP contribution in [-0.2, 0) is 11.3 Å². The van der Waals surface area contributed by atoms with Crippen LogP contribution in [0, 0.1) is 0 Å². The Bertz CT molecular complexity index is 442. The highest BCUT2D eigenvalue weighted by Crippen LogP contribution is 2.02. The molecule has 0 unspecified atom stereocenters. The predicted octanol–water partition coefficient (Wildman–Crippen LogP) is 0.564. The highest BCUT2D eigenvalue weighted by Gasteiger charge is 2.14. The van der Waals surface area contributed by atoms with Gasteiger partial charge in [0.1, 0.15) is 6.54 Å². The fourth-order valence-corrected chi connectivity index (χ4v) is 1.57. The lowest BCUT2D eigenvalue weighted by Crippen LogP contribution is -2.36. The normalized spacial score (nSPS) is 10.2. The Morgan fingerprint density at radius 1 is 1.53 bits per heavy atom. The molecule has 0 saturated heterocycles. The molecule has 0 aliphatic carbocycles. The van der Waals surface area contributed by atoms with E-state index in [1.54, 1.807) is 17.7 Å². The smallest absolute Gasteiger partial charge is 0.323 e. The molecule has 1 aromatic heterocycles. The van der Waals surface area contributed by atoms with Crippen molar-refractivity contribution in [3.8, 4) is 0 Å². The summed E-state index contributed by atoms with van der Waals surface area (Å²) in [5.41, 5.74) is -0.238. The number of aromatic nitrogens is 2. The van der Waals surface area contributed by atoms with Gasteiger partial charge in [-0.15, -0.1) is 0 Å². The fourth-order valence-electron chi connectivity index (χ4n) is 1.57. The number of carboxylic acids is 1. The largest absolute Gasteiger partial charge is 0.480 e. The van der Waals surface area contributed by atoms with Gasteiger partial charge in [-0.05, 0) is 13.3 Å². The lowest BCUT2D eigenvalue weighted by Gasteiger charge is -2.19. The Morgan fingerprint density at radius 3 is 2.76 bits per heavy atom. The topological polar surface area (TPSA) is 75.4 Å². The molecule has 0 saturated carbocycles. The Labute approximate surface area is 99.5 Å². The number of nitrogens with zero attached hydrogens (tertiary/aromatic N) is 3. The zero-order chi connectivity index (χ0) is 12.8. The lowest BCUT2D eigenvalue weighted by atomic mass is 10.4. The van der Waals surface area contributed by atoms with Crippen LogP contribution in [0.25, 0.3) is 0 Å². The summed E-state index contributed by atoms with van der Waals surface area (Å²) in [5, 5.41) is 8.76. The van der Waals surface area contributed by atoms with Crippen LogP contribution in [-0.4, -0.2) is 33.7 Å². The van der Waals surface area contributed by atoms with E-state index in [4.69, 9.17) is 5.11 Å². The molecule has 6 heteroatoms. The van der Waals surface area contributed by atoms with E-state index in [1.807, 2.05) is 6.92 Å². The monoisotopic (exact) mass is 239 g/mol. The van der Waals surface area contributed by atoms with Crippen LogP contribution in [0.2, 0.25) is 0 Å². The highest BCUT2D eigenvalue weighted by atomic mass is 16.4. The second-order valence-corrected chi connectivity index (χ2v) is 3.66. The first-order valence-corrected chi connectivity index (χ1v) is 5.62. The Balaban J connectivity index is 3.07. The molecule has 1 N–H and O–H groups in total. The van der Waals surface area contributed by atoms with Gasteiger partial charge in [0.25, 0.3) is 5.56 Å². The molecule has 1 rings (SSSR count). The summed E-state index contributed by atoms with van der Waals surface area (Å²) in [6, 6.07) is 0. The van der Waals surface area contributed by atoms with Gasteiger partial charge in [-0.2, -0.15) is 0 Å². The first-order valence-electron chi connectivity index (χ1n) is 5.62. The molecule has 0 amide bonds. The molecule has 1 aromatic rings. The molecule has 0 fully saturated rings. The van der Waals surface area contributed by atoms with Crippen LogP contribution in [0.1, 0.15) is 20.3 Å². The molecule has 1 heterocycles. The zero-order valence-corrected chi connectivity index (χ0v) is 10.1. The number of aryl methyl sites for hydroxylation is 1. The summed E-state index contributed by atoms with van der Waals surface area (Å²) in [4.78, 5) is 28.1. The van der Waals surface area contributed by atoms with Crippen LogP contribution in [0.4, 0.5) is 5.82 Å². The van der Waals surface area contributed by atoms with E-state index in [-0.39, 0.29) is 17.9 Å². The summed E-state index contributed by atoms with van der Waals surface area (Å²) < 4.78 is 1.55. The van der Waals surface area contributed by atoms with Crippen LogP contribution >= 0.6 is 0 Å². The van der Waals surface area contributed by atoms with Crippen molar-refractivity contribution >= 4 is 11.8 Å². The van der Waals surface area contributed by atoms with Crippen molar-refractivity contribution < 1.29 is 9.90 Å². The van der Waals surface area contributed by atoms with Gasteiger partial charge in [0.2, 0.25) is 0 Å². The first kappa shape index (κ1) is 13.2. The number of carboxylic acid groups (broad SMARTS) is 1. The highest BCUT2D eigenvalue weighted by molar-refractivity contribution is 5.72. The van der Waals surface area contributed by atoms with Crippen LogP contribution in [0.15, 0.2) is 17.2 Å². The summed E-state index contributed by atoms with van der Waals surface area (Å²) in [6.07, 6.45) is 3.98. The van der Waals surface area contributed by atoms with Gasteiger partial charge in [0, 0.05) is 25.5 Å². The summed E-state index contributed by atoms with van der Waals surface area (Å²) in [5.74, 6) is -0.773. The Morgan fingerprint density at radius 2 is 2.24 bits per heavy atom. The second kappa shape index (κ2) is 6.03. The average Bonchev–Trinajstić information content (AvgIpc) is 2.29. The van der Waals surface area contributed by atoms with Crippen LogP contribution < -0.4 is 10.5 Å². The quantitative estimate of drug-likeness (QED) is 0.785. The molecule has 0 aliphatic rings. The average molecular weight is 239 g/mol. The van der Waals surface area contributed by atoms with Gasteiger partial charge in [-0.3, -0.25) is 9.59 Å². The van der Waals surface area contributed by atoms with Crippen molar-refractivity contribution in [1.82, 2.24) is 9.55 Å². The number of aliphatic carboxylic acids is 1. The fraction of sp³-hybridized carbons (Fsp3) is 0.545. The molecular weight excluding hydrogens is 222 g/mol. The molecule has 0 bridgehead atoms. The SMILES string of the molecule is CCCn1ccnc(N(CC)CC(=O)O)c1=O. The predicted molar refractivity (Wildman–Crippen MR) is 64.3 cm³/mol. The summed E-state index contributed by atoms with van der Waals surface area (Å²) >= 11 is 0. The number of likely N-dealkylation sites (N-methyl/N-ethyl adjacent to an activating group) is 1. The van der Waals surface area contributed by atoms with Crippen molar-refractivity contribution in [2.24, 2.45) is 0 Å². The molecule has 17 heavy (non-hydrogen) atoms. The molecule has 6 nitrogen and oxygen atoms in total. The van der Waals surface area contributed by atoms with E-state index in [0.717, 1.165) is 6.42 Å². The van der Waals surface area contributed by atoms with Crippen LogP contribution in [0.3, 0.4) is 0 Å². The lowest BCUT2D eigenvalue weighted by molar-refractivity contribution is -0.135. The standard InChI is InChI=1S/C11H17N3O3/c1-3-6-14-7-5-12-10(11(14)17)13(4-2)8-9(15)16/h5,7H,3-4,6,8H2,1-2H3,(H,15,16).